The zero-order chi connectivity index (χ0) is 13.9. The number of hydrogen-bond acceptors (Lipinski definition) is 5. The number of esters is 1. The van der Waals surface area contributed by atoms with Crippen LogP contribution in [0.2, 0.25) is 0 Å². The number of ether oxygens (including phenoxy) is 1. The second-order valence-electron chi connectivity index (χ2n) is 4.93. The molecule has 0 saturated heterocycles. The predicted octanol–water partition coefficient (Wildman–Crippen LogP) is 2.97. The molecule has 0 spiro atoms. The smallest absolute Gasteiger partial charge is 0.367 e. The van der Waals surface area contributed by atoms with Crippen LogP contribution < -0.4 is 0 Å². The number of allylic oxidation sites excluding steroid dienone is 2. The third-order valence-corrected chi connectivity index (χ3v) is 5.35. The highest BCUT2D eigenvalue weighted by molar-refractivity contribution is 7.53. The van der Waals surface area contributed by atoms with Crippen LogP contribution in [0.3, 0.4) is 0 Å². The Morgan fingerprint density at radius 2 is 1.89 bits per heavy atom. The lowest BCUT2D eigenvalue weighted by Gasteiger charge is -2.20. The van der Waals surface area contributed by atoms with Crippen molar-refractivity contribution in [1.82, 2.24) is 0 Å². The Bertz CT molecular complexity index is 396. The van der Waals surface area contributed by atoms with Gasteiger partial charge in [0.15, 0.2) is 6.35 Å². The van der Waals surface area contributed by atoms with E-state index in [0.29, 0.717) is 5.92 Å². The Hall–Kier alpha value is -0.640. The van der Waals surface area contributed by atoms with Gasteiger partial charge in [0, 0.05) is 0 Å². The molecule has 3 atom stereocenters. The monoisotopic (exact) mass is 288 g/mol. The topological polar surface area (TPSA) is 61.8 Å². The number of carbonyl (C=O) groups excluding carboxylic acids is 1. The van der Waals surface area contributed by atoms with Crippen molar-refractivity contribution in [2.45, 2.75) is 26.7 Å². The standard InChI is InChI=1S/C13H21O5P/c1-3-17-19(15,18-4-2)9-16-13(14)12-8-10-5-6-11(12)7-10/h5-6,10-12H,3-4,7-9H2,1-2H3. The van der Waals surface area contributed by atoms with Crippen LogP contribution in [0.25, 0.3) is 0 Å². The SMILES string of the molecule is CCOP(=O)(COC(=O)C1CC2C=CC1C2)OCC. The first kappa shape index (κ1) is 14.8. The van der Waals surface area contributed by atoms with Crippen LogP contribution in [0.4, 0.5) is 0 Å². The van der Waals surface area contributed by atoms with Crippen molar-refractivity contribution >= 4 is 13.6 Å². The van der Waals surface area contributed by atoms with E-state index in [4.69, 9.17) is 13.8 Å². The fraction of sp³-hybridized carbons (Fsp3) is 0.769. The molecule has 0 amide bonds. The molecule has 2 bridgehead atoms. The highest BCUT2D eigenvalue weighted by Crippen LogP contribution is 2.49. The van der Waals surface area contributed by atoms with Crippen molar-refractivity contribution in [3.05, 3.63) is 12.2 Å². The lowest BCUT2D eigenvalue weighted by atomic mass is 9.94. The molecule has 2 rings (SSSR count). The minimum absolute atomic E-state index is 0.0910. The largest absolute Gasteiger partial charge is 0.452 e. The molecule has 5 nitrogen and oxygen atoms in total. The number of rotatable bonds is 7. The summed E-state index contributed by atoms with van der Waals surface area (Å²) in [5, 5.41) is 0. The third-order valence-electron chi connectivity index (χ3n) is 3.60. The number of fused-ring (bicyclic) bond motifs is 2. The van der Waals surface area contributed by atoms with Gasteiger partial charge in [-0.3, -0.25) is 9.36 Å². The van der Waals surface area contributed by atoms with E-state index in [0.717, 1.165) is 12.8 Å². The molecule has 0 aromatic rings. The quantitative estimate of drug-likeness (QED) is 0.409. The highest BCUT2D eigenvalue weighted by atomic mass is 31.2. The van der Waals surface area contributed by atoms with Crippen molar-refractivity contribution in [3.63, 3.8) is 0 Å². The first-order chi connectivity index (χ1) is 9.08. The van der Waals surface area contributed by atoms with Gasteiger partial charge >= 0.3 is 13.6 Å². The number of hydrogen-bond donors (Lipinski definition) is 0. The van der Waals surface area contributed by atoms with Gasteiger partial charge in [-0.1, -0.05) is 12.2 Å². The molecule has 0 heterocycles. The average molecular weight is 288 g/mol. The zero-order valence-electron chi connectivity index (χ0n) is 11.4. The summed E-state index contributed by atoms with van der Waals surface area (Å²) in [7, 11) is -3.29. The summed E-state index contributed by atoms with van der Waals surface area (Å²) in [6, 6.07) is 0. The first-order valence-corrected chi connectivity index (χ1v) is 8.54. The Kier molecular flexibility index (Phi) is 4.82. The summed E-state index contributed by atoms with van der Waals surface area (Å²) in [6.45, 7) is 4.00. The van der Waals surface area contributed by atoms with Crippen LogP contribution in [0.5, 0.6) is 0 Å². The van der Waals surface area contributed by atoms with E-state index in [-0.39, 0.29) is 37.4 Å². The van der Waals surface area contributed by atoms with Gasteiger partial charge in [0.1, 0.15) is 0 Å². The van der Waals surface area contributed by atoms with Crippen LogP contribution in [0.15, 0.2) is 12.2 Å². The Morgan fingerprint density at radius 3 is 2.37 bits per heavy atom. The summed E-state index contributed by atoms with van der Waals surface area (Å²) in [5.41, 5.74) is 0. The van der Waals surface area contributed by atoms with Crippen LogP contribution >= 0.6 is 7.60 Å². The molecule has 0 N–H and O–H groups in total. The maximum absolute atomic E-state index is 12.2. The van der Waals surface area contributed by atoms with Crippen molar-refractivity contribution in [3.8, 4) is 0 Å². The van der Waals surface area contributed by atoms with Gasteiger partial charge in [0.25, 0.3) is 0 Å². The van der Waals surface area contributed by atoms with Gasteiger partial charge < -0.3 is 13.8 Å². The van der Waals surface area contributed by atoms with E-state index in [9.17, 15) is 9.36 Å². The predicted molar refractivity (Wildman–Crippen MR) is 70.7 cm³/mol. The molecule has 6 heteroatoms. The van der Waals surface area contributed by atoms with Crippen LogP contribution in [0.1, 0.15) is 26.7 Å². The second-order valence-corrected chi connectivity index (χ2v) is 6.92. The van der Waals surface area contributed by atoms with Gasteiger partial charge in [-0.15, -0.1) is 0 Å². The lowest BCUT2D eigenvalue weighted by Crippen LogP contribution is -2.22. The molecule has 2 aliphatic rings. The van der Waals surface area contributed by atoms with Gasteiger partial charge in [-0.05, 0) is 38.5 Å². The maximum atomic E-state index is 12.2. The molecule has 1 saturated carbocycles. The summed E-state index contributed by atoms with van der Waals surface area (Å²) < 4.78 is 27.5. The van der Waals surface area contributed by atoms with Crippen molar-refractivity contribution in [2.24, 2.45) is 17.8 Å². The molecule has 3 unspecified atom stereocenters. The van der Waals surface area contributed by atoms with Gasteiger partial charge in [0.2, 0.25) is 0 Å². The summed E-state index contributed by atoms with van der Waals surface area (Å²) >= 11 is 0. The molecule has 0 radical (unpaired) electrons. The van der Waals surface area contributed by atoms with Crippen molar-refractivity contribution in [1.29, 1.82) is 0 Å². The zero-order valence-corrected chi connectivity index (χ0v) is 12.3. The molecule has 19 heavy (non-hydrogen) atoms. The highest BCUT2D eigenvalue weighted by Gasteiger charge is 2.41. The van der Waals surface area contributed by atoms with Gasteiger partial charge in [0.05, 0.1) is 19.1 Å². The van der Waals surface area contributed by atoms with Crippen LogP contribution in [-0.2, 0) is 23.1 Å². The average Bonchev–Trinajstić information content (AvgIpc) is 2.99. The van der Waals surface area contributed by atoms with E-state index in [1.165, 1.54) is 0 Å². The molecular weight excluding hydrogens is 267 g/mol. The van der Waals surface area contributed by atoms with Crippen LogP contribution in [0, 0.1) is 17.8 Å². The maximum Gasteiger partial charge on any atom is 0.367 e. The first-order valence-electron chi connectivity index (χ1n) is 6.81. The molecule has 0 aromatic carbocycles. The molecule has 0 aliphatic heterocycles. The fourth-order valence-electron chi connectivity index (χ4n) is 2.81. The summed E-state index contributed by atoms with van der Waals surface area (Å²) in [4.78, 5) is 12.0. The Labute approximate surface area is 113 Å². The molecule has 2 aliphatic carbocycles. The van der Waals surface area contributed by atoms with Crippen molar-refractivity contribution in [2.75, 3.05) is 19.6 Å². The summed E-state index contributed by atoms with van der Waals surface area (Å²) in [6.07, 6.45) is 5.84. The lowest BCUT2D eigenvalue weighted by molar-refractivity contribution is -0.147. The molecule has 108 valence electrons. The molecule has 1 fully saturated rings. The Balaban J connectivity index is 1.85. The van der Waals surface area contributed by atoms with E-state index in [2.05, 4.69) is 12.2 Å². The molecular formula is C13H21O5P. The van der Waals surface area contributed by atoms with E-state index < -0.39 is 7.60 Å². The van der Waals surface area contributed by atoms with Gasteiger partial charge in [-0.2, -0.15) is 0 Å². The van der Waals surface area contributed by atoms with Crippen LogP contribution in [-0.4, -0.2) is 25.5 Å². The normalized spacial score (nSPS) is 28.8. The van der Waals surface area contributed by atoms with Crippen molar-refractivity contribution < 1.29 is 23.1 Å². The van der Waals surface area contributed by atoms with E-state index in [1.807, 2.05) is 0 Å². The minimum Gasteiger partial charge on any atom is -0.452 e. The van der Waals surface area contributed by atoms with Gasteiger partial charge in [-0.25, -0.2) is 0 Å². The second kappa shape index (κ2) is 6.21. The minimum atomic E-state index is -3.29. The third kappa shape index (κ3) is 3.47. The molecule has 0 aromatic heterocycles. The Morgan fingerprint density at radius 1 is 1.21 bits per heavy atom. The fourth-order valence-corrected chi connectivity index (χ4v) is 4.10. The summed E-state index contributed by atoms with van der Waals surface area (Å²) in [5.74, 6) is 0.424. The van der Waals surface area contributed by atoms with E-state index >= 15 is 0 Å². The van der Waals surface area contributed by atoms with E-state index in [1.54, 1.807) is 13.8 Å². The number of carbonyl (C=O) groups is 1.